The predicted octanol–water partition coefficient (Wildman–Crippen LogP) is 3.21. The van der Waals surface area contributed by atoms with E-state index in [1.807, 2.05) is 53.6 Å². The lowest BCUT2D eigenvalue weighted by molar-refractivity contribution is 0.0448. The predicted molar refractivity (Wildman–Crippen MR) is 115 cm³/mol. The Hall–Kier alpha value is -3.81. The molecular weight excluding hydrogens is 408 g/mol. The maximum absolute atomic E-state index is 13.8. The van der Waals surface area contributed by atoms with Crippen LogP contribution in [0, 0.1) is 0 Å². The number of methoxy groups -OCH3 is 1. The number of aromatic amines is 1. The number of nitrogens with one attached hydrogen (secondary N) is 2. The molecule has 1 saturated heterocycles. The zero-order chi connectivity index (χ0) is 21.9. The van der Waals surface area contributed by atoms with E-state index in [1.165, 1.54) is 0 Å². The van der Waals surface area contributed by atoms with Gasteiger partial charge in [-0.1, -0.05) is 24.3 Å². The lowest BCUT2D eigenvalue weighted by atomic mass is 9.83. The van der Waals surface area contributed by atoms with Crippen molar-refractivity contribution < 1.29 is 19.1 Å². The first-order chi connectivity index (χ1) is 15.6. The lowest BCUT2D eigenvalue weighted by Crippen LogP contribution is -2.54. The fourth-order valence-electron chi connectivity index (χ4n) is 5.56. The summed E-state index contributed by atoms with van der Waals surface area (Å²) in [7, 11) is 1.63. The SMILES string of the molecule is COc1cccc(CN2C(=O)c3cc(-c4cn[nH]c4)ccc3C23CCC2OC(=O)NC23)c1. The van der Waals surface area contributed by atoms with Gasteiger partial charge >= 0.3 is 6.09 Å². The minimum atomic E-state index is -0.652. The number of benzene rings is 2. The summed E-state index contributed by atoms with van der Waals surface area (Å²) < 4.78 is 10.9. The Morgan fingerprint density at radius 3 is 2.94 bits per heavy atom. The molecule has 2 aliphatic heterocycles. The van der Waals surface area contributed by atoms with Gasteiger partial charge in [-0.25, -0.2) is 4.79 Å². The molecule has 8 heteroatoms. The van der Waals surface area contributed by atoms with Gasteiger partial charge in [0.25, 0.3) is 5.91 Å². The Morgan fingerprint density at radius 2 is 2.12 bits per heavy atom. The highest BCUT2D eigenvalue weighted by Gasteiger charge is 2.63. The van der Waals surface area contributed by atoms with E-state index in [9.17, 15) is 9.59 Å². The number of amides is 2. The second kappa shape index (κ2) is 6.85. The van der Waals surface area contributed by atoms with Crippen LogP contribution in [0.15, 0.2) is 54.9 Å². The number of carbonyl (C=O) groups is 2. The maximum atomic E-state index is 13.8. The molecule has 0 radical (unpaired) electrons. The number of nitrogens with zero attached hydrogens (tertiary/aromatic N) is 2. The van der Waals surface area contributed by atoms with Gasteiger partial charge in [-0.2, -0.15) is 5.10 Å². The van der Waals surface area contributed by atoms with E-state index in [0.29, 0.717) is 18.5 Å². The zero-order valence-electron chi connectivity index (χ0n) is 17.5. The van der Waals surface area contributed by atoms with Crippen LogP contribution in [0.3, 0.4) is 0 Å². The van der Waals surface area contributed by atoms with Crippen LogP contribution in [-0.2, 0) is 16.8 Å². The van der Waals surface area contributed by atoms with E-state index in [1.54, 1.807) is 13.3 Å². The van der Waals surface area contributed by atoms with Crippen LogP contribution < -0.4 is 10.1 Å². The van der Waals surface area contributed by atoms with E-state index in [2.05, 4.69) is 15.5 Å². The third-order valence-electron chi connectivity index (χ3n) is 6.98. The number of hydrogen-bond donors (Lipinski definition) is 2. The molecule has 2 aromatic carbocycles. The van der Waals surface area contributed by atoms with E-state index in [-0.39, 0.29) is 18.1 Å². The number of ether oxygens (including phenoxy) is 2. The van der Waals surface area contributed by atoms with Gasteiger partial charge in [0, 0.05) is 23.9 Å². The van der Waals surface area contributed by atoms with Crippen LogP contribution in [0.2, 0.25) is 0 Å². The molecule has 3 aromatic rings. The molecule has 1 saturated carbocycles. The van der Waals surface area contributed by atoms with Crippen molar-refractivity contribution in [2.24, 2.45) is 0 Å². The summed E-state index contributed by atoms with van der Waals surface area (Å²) in [6, 6.07) is 13.4. The Labute approximate surface area is 184 Å². The molecule has 2 N–H and O–H groups in total. The molecular formula is C24H22N4O4. The lowest BCUT2D eigenvalue weighted by Gasteiger charge is -2.39. The van der Waals surface area contributed by atoms with Gasteiger partial charge in [0.05, 0.1) is 24.9 Å². The number of rotatable bonds is 4. The maximum Gasteiger partial charge on any atom is 0.407 e. The standard InChI is InChI=1S/C24H22N4O4/c1-31-17-4-2-3-14(9-17)13-28-22(29)18-10-15(16-11-25-26-12-16)5-6-19(18)24(28)8-7-20-21(24)27-23(30)32-20/h2-6,9-12,20-21H,7-8,13H2,1H3,(H,25,26)(H,27,30). The van der Waals surface area contributed by atoms with Gasteiger partial charge in [0.1, 0.15) is 11.9 Å². The molecule has 8 nitrogen and oxygen atoms in total. The van der Waals surface area contributed by atoms with Crippen LogP contribution in [0.1, 0.15) is 34.3 Å². The molecule has 32 heavy (non-hydrogen) atoms. The summed E-state index contributed by atoms with van der Waals surface area (Å²) >= 11 is 0. The number of H-pyrrole nitrogens is 1. The minimum absolute atomic E-state index is 0.0463. The summed E-state index contributed by atoms with van der Waals surface area (Å²) in [5.74, 6) is 0.694. The fourth-order valence-corrected chi connectivity index (χ4v) is 5.56. The Kier molecular flexibility index (Phi) is 4.05. The molecule has 3 heterocycles. The molecule has 162 valence electrons. The van der Waals surface area contributed by atoms with Crippen molar-refractivity contribution >= 4 is 12.0 Å². The van der Waals surface area contributed by atoms with Gasteiger partial charge < -0.3 is 19.7 Å². The number of carbonyl (C=O) groups excluding carboxylic acids is 2. The topological polar surface area (TPSA) is 96.6 Å². The van der Waals surface area contributed by atoms with Crippen molar-refractivity contribution in [2.45, 2.75) is 37.1 Å². The van der Waals surface area contributed by atoms with Crippen molar-refractivity contribution in [1.82, 2.24) is 20.4 Å². The average Bonchev–Trinajstić information content (AvgIpc) is 3.57. The van der Waals surface area contributed by atoms with Crippen LogP contribution in [0.25, 0.3) is 11.1 Å². The quantitative estimate of drug-likeness (QED) is 0.663. The third kappa shape index (κ3) is 2.58. The highest BCUT2D eigenvalue weighted by atomic mass is 16.6. The van der Waals surface area contributed by atoms with E-state index in [0.717, 1.165) is 34.4 Å². The normalized spacial score (nSPS) is 25.6. The van der Waals surface area contributed by atoms with Crippen molar-refractivity contribution in [3.63, 3.8) is 0 Å². The number of aromatic nitrogens is 2. The molecule has 3 unspecified atom stereocenters. The van der Waals surface area contributed by atoms with Gasteiger partial charge in [-0.15, -0.1) is 0 Å². The molecule has 3 aliphatic rings. The fraction of sp³-hybridized carbons (Fsp3) is 0.292. The molecule has 0 bridgehead atoms. The van der Waals surface area contributed by atoms with E-state index in [4.69, 9.17) is 9.47 Å². The van der Waals surface area contributed by atoms with Crippen molar-refractivity contribution in [3.8, 4) is 16.9 Å². The molecule has 1 spiro atoms. The molecule has 6 rings (SSSR count). The minimum Gasteiger partial charge on any atom is -0.497 e. The van der Waals surface area contributed by atoms with Crippen molar-refractivity contribution in [2.75, 3.05) is 7.11 Å². The highest BCUT2D eigenvalue weighted by molar-refractivity contribution is 6.01. The first-order valence-electron chi connectivity index (χ1n) is 10.7. The summed E-state index contributed by atoms with van der Waals surface area (Å²) in [6.07, 6.45) is 4.30. The van der Waals surface area contributed by atoms with Gasteiger partial charge in [-0.3, -0.25) is 9.89 Å². The third-order valence-corrected chi connectivity index (χ3v) is 6.98. The Morgan fingerprint density at radius 1 is 1.22 bits per heavy atom. The van der Waals surface area contributed by atoms with Crippen LogP contribution >= 0.6 is 0 Å². The molecule has 3 atom stereocenters. The van der Waals surface area contributed by atoms with Crippen molar-refractivity contribution in [3.05, 3.63) is 71.5 Å². The summed E-state index contributed by atoms with van der Waals surface area (Å²) in [5, 5.41) is 9.84. The second-order valence-electron chi connectivity index (χ2n) is 8.52. The monoisotopic (exact) mass is 430 g/mol. The zero-order valence-corrected chi connectivity index (χ0v) is 17.5. The summed E-state index contributed by atoms with van der Waals surface area (Å²) in [5.41, 5.74) is 3.76. The van der Waals surface area contributed by atoms with Crippen LogP contribution in [0.5, 0.6) is 5.75 Å². The first-order valence-corrected chi connectivity index (χ1v) is 10.7. The van der Waals surface area contributed by atoms with Crippen molar-refractivity contribution in [1.29, 1.82) is 0 Å². The Balaban J connectivity index is 1.48. The number of fused-ring (bicyclic) bond motifs is 4. The van der Waals surface area contributed by atoms with Gasteiger partial charge in [0.15, 0.2) is 0 Å². The summed E-state index contributed by atoms with van der Waals surface area (Å²) in [4.78, 5) is 27.8. The van der Waals surface area contributed by atoms with E-state index >= 15 is 0 Å². The average molecular weight is 430 g/mol. The van der Waals surface area contributed by atoms with E-state index < -0.39 is 11.6 Å². The molecule has 2 fully saturated rings. The van der Waals surface area contributed by atoms with Crippen LogP contribution in [-0.4, -0.2) is 46.4 Å². The van der Waals surface area contributed by atoms with Gasteiger partial charge in [-0.05, 0) is 47.7 Å². The summed E-state index contributed by atoms with van der Waals surface area (Å²) in [6.45, 7) is 0.408. The number of hydrogen-bond acceptors (Lipinski definition) is 5. The van der Waals surface area contributed by atoms with Gasteiger partial charge in [0.2, 0.25) is 0 Å². The molecule has 2 amide bonds. The highest BCUT2D eigenvalue weighted by Crippen LogP contribution is 2.53. The van der Waals surface area contributed by atoms with Crippen LogP contribution in [0.4, 0.5) is 4.79 Å². The molecule has 1 aliphatic carbocycles. The number of alkyl carbamates (subject to hydrolysis) is 1. The largest absolute Gasteiger partial charge is 0.497 e. The Bertz CT molecular complexity index is 1220. The molecule has 1 aromatic heterocycles. The first kappa shape index (κ1) is 18.9. The second-order valence-corrected chi connectivity index (χ2v) is 8.52. The smallest absolute Gasteiger partial charge is 0.407 e.